The fourth-order valence-electron chi connectivity index (χ4n) is 3.64. The van der Waals surface area contributed by atoms with Crippen LogP contribution in [0, 0.1) is 0 Å². The number of ketones is 1. The molecular formula is C24H45ClO2. The zero-order chi connectivity index (χ0) is 20.0. The molecule has 0 radical (unpaired) electrons. The number of carbonyl (C=O) groups is 2. The zero-order valence-corrected chi connectivity index (χ0v) is 18.8. The number of hydrogen-bond acceptors (Lipinski definition) is 2. The van der Waals surface area contributed by atoms with Crippen molar-refractivity contribution in [2.24, 2.45) is 0 Å². The van der Waals surface area contributed by atoms with Gasteiger partial charge in [0.05, 0.1) is 0 Å². The van der Waals surface area contributed by atoms with Crippen LogP contribution in [0.2, 0.25) is 0 Å². The fourth-order valence-corrected chi connectivity index (χ4v) is 3.73. The largest absolute Gasteiger partial charge is 0.289 e. The molecule has 0 atom stereocenters. The number of halogens is 1. The van der Waals surface area contributed by atoms with Gasteiger partial charge in [0, 0.05) is 6.42 Å². The van der Waals surface area contributed by atoms with Gasteiger partial charge in [-0.25, -0.2) is 0 Å². The van der Waals surface area contributed by atoms with E-state index in [0.29, 0.717) is 6.42 Å². The van der Waals surface area contributed by atoms with Crippen LogP contribution in [0.5, 0.6) is 0 Å². The van der Waals surface area contributed by atoms with E-state index in [2.05, 4.69) is 6.92 Å². The van der Waals surface area contributed by atoms with Gasteiger partial charge in [0.25, 0.3) is 5.24 Å². The molecule has 0 spiro atoms. The van der Waals surface area contributed by atoms with Gasteiger partial charge in [-0.3, -0.25) is 9.59 Å². The molecule has 0 unspecified atom stereocenters. The minimum atomic E-state index is -0.812. The summed E-state index contributed by atoms with van der Waals surface area (Å²) < 4.78 is 0. The van der Waals surface area contributed by atoms with Gasteiger partial charge < -0.3 is 0 Å². The molecule has 0 aromatic heterocycles. The smallest absolute Gasteiger partial charge is 0.288 e. The molecule has 0 amide bonds. The highest BCUT2D eigenvalue weighted by atomic mass is 35.5. The Morgan fingerprint density at radius 1 is 0.481 bits per heavy atom. The second-order valence-corrected chi connectivity index (χ2v) is 8.51. The van der Waals surface area contributed by atoms with Gasteiger partial charge in [0.1, 0.15) is 0 Å². The molecule has 0 aliphatic carbocycles. The number of Topliss-reactive ketones (excluding diaryl/α,β-unsaturated/α-hetero) is 1. The molecule has 0 saturated heterocycles. The van der Waals surface area contributed by atoms with Crippen LogP contribution in [0.1, 0.15) is 142 Å². The molecule has 2 nitrogen and oxygen atoms in total. The van der Waals surface area contributed by atoms with Gasteiger partial charge >= 0.3 is 0 Å². The molecule has 0 aliphatic rings. The first-order valence-corrected chi connectivity index (χ1v) is 12.3. The Bertz CT molecular complexity index is 341. The Balaban J connectivity index is 3.05. The maximum atomic E-state index is 11.1. The van der Waals surface area contributed by atoms with E-state index in [4.69, 9.17) is 11.6 Å². The topological polar surface area (TPSA) is 34.1 Å². The van der Waals surface area contributed by atoms with Gasteiger partial charge in [0.2, 0.25) is 5.78 Å². The van der Waals surface area contributed by atoms with Crippen molar-refractivity contribution < 1.29 is 9.59 Å². The lowest BCUT2D eigenvalue weighted by Gasteiger charge is -2.04. The van der Waals surface area contributed by atoms with Crippen molar-refractivity contribution in [1.82, 2.24) is 0 Å². The van der Waals surface area contributed by atoms with Crippen LogP contribution in [-0.2, 0) is 9.59 Å². The first-order valence-electron chi connectivity index (χ1n) is 11.9. The number of hydrogen-bond donors (Lipinski definition) is 0. The molecule has 0 N–H and O–H groups in total. The van der Waals surface area contributed by atoms with Crippen LogP contribution >= 0.6 is 11.6 Å². The molecule has 0 fully saturated rings. The van der Waals surface area contributed by atoms with E-state index in [1.807, 2.05) is 0 Å². The molecule has 0 aliphatic heterocycles. The summed E-state index contributed by atoms with van der Waals surface area (Å²) in [4.78, 5) is 21.6. The minimum absolute atomic E-state index is 0.321. The molecule has 3 heteroatoms. The summed E-state index contributed by atoms with van der Waals surface area (Å²) in [5, 5.41) is -0.812. The zero-order valence-electron chi connectivity index (χ0n) is 18.0. The van der Waals surface area contributed by atoms with Crippen LogP contribution in [-0.4, -0.2) is 11.0 Å². The molecule has 0 heterocycles. The third-order valence-electron chi connectivity index (χ3n) is 5.48. The average molecular weight is 401 g/mol. The Kier molecular flexibility index (Phi) is 21.6. The molecule has 0 rings (SSSR count). The summed E-state index contributed by atoms with van der Waals surface area (Å²) >= 11 is 5.13. The van der Waals surface area contributed by atoms with Gasteiger partial charge in [-0.1, -0.05) is 129 Å². The van der Waals surface area contributed by atoms with Crippen LogP contribution in [0.25, 0.3) is 0 Å². The summed E-state index contributed by atoms with van der Waals surface area (Å²) in [6.07, 6.45) is 27.1. The van der Waals surface area contributed by atoms with Gasteiger partial charge in [-0.2, -0.15) is 0 Å². The lowest BCUT2D eigenvalue weighted by atomic mass is 10.0. The van der Waals surface area contributed by atoms with Gasteiger partial charge in [0.15, 0.2) is 0 Å². The molecule has 0 aromatic carbocycles. The molecular weight excluding hydrogens is 356 g/mol. The van der Waals surface area contributed by atoms with Crippen LogP contribution < -0.4 is 0 Å². The van der Waals surface area contributed by atoms with Crippen molar-refractivity contribution in [2.45, 2.75) is 142 Å². The first kappa shape index (κ1) is 26.6. The normalized spacial score (nSPS) is 11.0. The van der Waals surface area contributed by atoms with Crippen molar-refractivity contribution in [2.75, 3.05) is 0 Å². The van der Waals surface area contributed by atoms with E-state index in [0.717, 1.165) is 12.8 Å². The molecule has 0 saturated carbocycles. The van der Waals surface area contributed by atoms with E-state index in [-0.39, 0.29) is 0 Å². The number of unbranched alkanes of at least 4 members (excludes halogenated alkanes) is 19. The lowest BCUT2D eigenvalue weighted by molar-refractivity contribution is -0.132. The Labute approximate surface area is 174 Å². The van der Waals surface area contributed by atoms with E-state index in [1.165, 1.54) is 116 Å². The van der Waals surface area contributed by atoms with E-state index in [1.54, 1.807) is 0 Å². The van der Waals surface area contributed by atoms with Crippen molar-refractivity contribution in [1.29, 1.82) is 0 Å². The van der Waals surface area contributed by atoms with E-state index >= 15 is 0 Å². The highest BCUT2D eigenvalue weighted by molar-refractivity contribution is 6.81. The number of carbonyl (C=O) groups excluding carboxylic acids is 2. The second kappa shape index (κ2) is 21.9. The molecule has 27 heavy (non-hydrogen) atoms. The average Bonchev–Trinajstić information content (AvgIpc) is 2.66. The maximum absolute atomic E-state index is 11.1. The van der Waals surface area contributed by atoms with Gasteiger partial charge in [-0.15, -0.1) is 0 Å². The monoisotopic (exact) mass is 400 g/mol. The van der Waals surface area contributed by atoms with Crippen molar-refractivity contribution in [3.63, 3.8) is 0 Å². The summed E-state index contributed by atoms with van der Waals surface area (Å²) in [5.41, 5.74) is 0. The Hall–Kier alpha value is -0.370. The first-order chi connectivity index (χ1) is 13.2. The standard InChI is InChI=1S/C24H45ClO2/c1-2-3-4-5-6-7-8-9-10-11-12-13-14-15-16-17-18-19-20-21-22-23(26)24(25)27/h2-22H2,1H3. The Morgan fingerprint density at radius 3 is 1.00 bits per heavy atom. The molecule has 0 bridgehead atoms. The number of rotatable bonds is 22. The summed E-state index contributed by atoms with van der Waals surface area (Å²) in [5.74, 6) is -0.431. The van der Waals surface area contributed by atoms with Crippen molar-refractivity contribution in [3.05, 3.63) is 0 Å². The SMILES string of the molecule is CCCCCCCCCCCCCCCCCCCCCCC(=O)C(=O)Cl. The third kappa shape index (κ3) is 21.8. The third-order valence-corrected chi connectivity index (χ3v) is 5.69. The van der Waals surface area contributed by atoms with Crippen LogP contribution in [0.4, 0.5) is 0 Å². The van der Waals surface area contributed by atoms with Crippen LogP contribution in [0.3, 0.4) is 0 Å². The van der Waals surface area contributed by atoms with Crippen molar-refractivity contribution in [3.8, 4) is 0 Å². The van der Waals surface area contributed by atoms with E-state index < -0.39 is 11.0 Å². The summed E-state index contributed by atoms with van der Waals surface area (Å²) in [6.45, 7) is 2.28. The van der Waals surface area contributed by atoms with Gasteiger partial charge in [-0.05, 0) is 18.0 Å². The summed E-state index contributed by atoms with van der Waals surface area (Å²) in [7, 11) is 0. The Morgan fingerprint density at radius 2 is 0.741 bits per heavy atom. The molecule has 0 aromatic rings. The maximum Gasteiger partial charge on any atom is 0.288 e. The van der Waals surface area contributed by atoms with Crippen molar-refractivity contribution >= 4 is 22.6 Å². The highest BCUT2D eigenvalue weighted by Crippen LogP contribution is 2.15. The predicted molar refractivity (Wildman–Crippen MR) is 118 cm³/mol. The second-order valence-electron chi connectivity index (χ2n) is 8.16. The van der Waals surface area contributed by atoms with E-state index in [9.17, 15) is 9.59 Å². The quantitative estimate of drug-likeness (QED) is 0.104. The lowest BCUT2D eigenvalue weighted by Crippen LogP contribution is -2.05. The highest BCUT2D eigenvalue weighted by Gasteiger charge is 2.08. The molecule has 160 valence electrons. The minimum Gasteiger partial charge on any atom is -0.289 e. The predicted octanol–water partition coefficient (Wildman–Crippen LogP) is 8.53. The summed E-state index contributed by atoms with van der Waals surface area (Å²) in [6, 6.07) is 0. The van der Waals surface area contributed by atoms with Crippen LogP contribution in [0.15, 0.2) is 0 Å². The fraction of sp³-hybridized carbons (Fsp3) is 0.917.